The van der Waals surface area contributed by atoms with Crippen molar-refractivity contribution in [1.29, 1.82) is 0 Å². The standard InChI is InChI=1S/C59H70INO11SSi/c1-74(2,3)35-34-73(62,63)61-58-52(60)55(67-39-47-28-16-7-17-29-47)54(51(70-58)43-65-37-45-24-12-5-13-25-45)72-59-57(69-41-49-32-20-9-21-33-49)56(68-40-48-30-18-8-19-31-48)53(66-38-46-26-14-6-15-27-46)50(71-59)42-64-36-44-22-10-4-11-23-44/h4-33,50-59,61H,34-43H2,1-3H3/t50-,51-,52+,53-,54-,55-,56+,57-,58+,59+/m1/s1. The third kappa shape index (κ3) is 17.4. The quantitative estimate of drug-likeness (QED) is 0.0301. The molecule has 1 N–H and O–H groups in total. The van der Waals surface area contributed by atoms with Gasteiger partial charge in [-0.2, -0.15) is 4.72 Å². The van der Waals surface area contributed by atoms with E-state index in [1.54, 1.807) is 0 Å². The number of alkyl halides is 1. The molecule has 12 nitrogen and oxygen atoms in total. The van der Waals surface area contributed by atoms with Crippen molar-refractivity contribution in [2.24, 2.45) is 0 Å². The van der Waals surface area contributed by atoms with Gasteiger partial charge in [0.2, 0.25) is 10.0 Å². The molecule has 2 heterocycles. The number of halogens is 1. The van der Waals surface area contributed by atoms with E-state index >= 15 is 0 Å². The van der Waals surface area contributed by atoms with Crippen LogP contribution in [-0.2, 0) is 92.3 Å². The van der Waals surface area contributed by atoms with Crippen LogP contribution < -0.4 is 4.72 Å². The maximum atomic E-state index is 14.0. The first-order valence-corrected chi connectivity index (χ1v) is 32.0. The van der Waals surface area contributed by atoms with E-state index in [4.69, 9.17) is 42.6 Å². The van der Waals surface area contributed by atoms with Crippen molar-refractivity contribution in [2.75, 3.05) is 19.0 Å². The van der Waals surface area contributed by atoms with Gasteiger partial charge >= 0.3 is 0 Å². The zero-order valence-electron chi connectivity index (χ0n) is 42.4. The van der Waals surface area contributed by atoms with E-state index in [9.17, 15) is 8.42 Å². The summed E-state index contributed by atoms with van der Waals surface area (Å²) in [5, 5.41) is 0. The molecule has 8 rings (SSSR count). The summed E-state index contributed by atoms with van der Waals surface area (Å²) >= 11 is 2.25. The fraction of sp³-hybridized carbons (Fsp3) is 0.390. The highest BCUT2D eigenvalue weighted by Gasteiger charge is 2.54. The molecule has 0 unspecified atom stereocenters. The number of ether oxygens (including phenoxy) is 9. The van der Waals surface area contributed by atoms with Crippen molar-refractivity contribution < 1.29 is 51.0 Å². The maximum Gasteiger partial charge on any atom is 0.213 e. The Labute approximate surface area is 452 Å². The van der Waals surface area contributed by atoms with Gasteiger partial charge in [-0.05, 0) is 39.4 Å². The molecule has 15 heteroatoms. The lowest BCUT2D eigenvalue weighted by atomic mass is 9.96. The fourth-order valence-electron chi connectivity index (χ4n) is 8.81. The summed E-state index contributed by atoms with van der Waals surface area (Å²) in [4.78, 5) is 0. The fourth-order valence-corrected chi connectivity index (χ4v) is 14.2. The second-order valence-electron chi connectivity index (χ2n) is 20.0. The minimum Gasteiger partial charge on any atom is -0.374 e. The largest absolute Gasteiger partial charge is 0.374 e. The van der Waals surface area contributed by atoms with Crippen molar-refractivity contribution in [3.63, 3.8) is 0 Å². The lowest BCUT2D eigenvalue weighted by molar-refractivity contribution is -0.354. The molecular formula is C59H70INO11SSi. The normalized spacial score (nSPS) is 24.4. The van der Waals surface area contributed by atoms with E-state index in [1.165, 1.54) is 0 Å². The second-order valence-corrected chi connectivity index (χ2v) is 28.9. The zero-order chi connectivity index (χ0) is 51.6. The molecule has 2 aliphatic rings. The molecular weight excluding hydrogens is 1090 g/mol. The van der Waals surface area contributed by atoms with Crippen LogP contribution in [0.5, 0.6) is 0 Å². The molecule has 6 aromatic carbocycles. The Hall–Kier alpha value is -4.18. The molecule has 10 atom stereocenters. The van der Waals surface area contributed by atoms with E-state index in [1.807, 2.05) is 182 Å². The first-order chi connectivity index (χ1) is 36.0. The van der Waals surface area contributed by atoms with Crippen LogP contribution in [0.1, 0.15) is 33.4 Å². The summed E-state index contributed by atoms with van der Waals surface area (Å²) in [5.41, 5.74) is 5.80. The van der Waals surface area contributed by atoms with Crippen LogP contribution in [0.15, 0.2) is 182 Å². The van der Waals surface area contributed by atoms with Gasteiger partial charge in [0.05, 0.1) is 62.5 Å². The van der Waals surface area contributed by atoms with Crippen LogP contribution in [-0.4, -0.2) is 94.6 Å². The first kappa shape index (κ1) is 56.0. The molecule has 394 valence electrons. The number of hydrogen-bond donors (Lipinski definition) is 1. The van der Waals surface area contributed by atoms with Gasteiger partial charge in [0.1, 0.15) is 49.0 Å². The SMILES string of the molecule is C[Si](C)(C)CCS(=O)(=O)N[C@H]1O[C@H](COCc2ccccc2)[C@@H](O[C@@H]2O[C@H](COCc3ccccc3)[C@@H](OCc3ccccc3)[C@H](OCc3ccccc3)[C@H]2OCc2ccccc2)[C@H](OCc2ccccc2)[C@@H]1I. The average Bonchev–Trinajstić information content (AvgIpc) is 3.41. The molecule has 2 fully saturated rings. The van der Waals surface area contributed by atoms with E-state index < -0.39 is 77.3 Å². The van der Waals surface area contributed by atoms with Crippen LogP contribution in [0.3, 0.4) is 0 Å². The van der Waals surface area contributed by atoms with Crippen molar-refractivity contribution >= 4 is 40.7 Å². The molecule has 6 aromatic rings. The summed E-state index contributed by atoms with van der Waals surface area (Å²) in [6.45, 7) is 8.18. The van der Waals surface area contributed by atoms with Crippen molar-refractivity contribution in [3.05, 3.63) is 215 Å². The van der Waals surface area contributed by atoms with Gasteiger partial charge < -0.3 is 42.6 Å². The van der Waals surface area contributed by atoms with Crippen LogP contribution in [0, 0.1) is 0 Å². The Morgan fingerprint density at radius 2 is 0.811 bits per heavy atom. The molecule has 0 amide bonds. The monoisotopic (exact) mass is 1160 g/mol. The topological polar surface area (TPSA) is 129 Å². The maximum absolute atomic E-state index is 14.0. The van der Waals surface area contributed by atoms with Gasteiger partial charge in [0.25, 0.3) is 0 Å². The van der Waals surface area contributed by atoms with E-state index in [0.717, 1.165) is 33.4 Å². The molecule has 0 aromatic heterocycles. The highest BCUT2D eigenvalue weighted by molar-refractivity contribution is 14.1. The van der Waals surface area contributed by atoms with Crippen LogP contribution in [0.2, 0.25) is 25.7 Å². The molecule has 0 saturated carbocycles. The molecule has 0 bridgehead atoms. The van der Waals surface area contributed by atoms with Crippen LogP contribution >= 0.6 is 22.6 Å². The highest BCUT2D eigenvalue weighted by atomic mass is 127. The Morgan fingerprint density at radius 3 is 1.22 bits per heavy atom. The number of nitrogens with one attached hydrogen (secondary N) is 1. The molecule has 0 radical (unpaired) electrons. The minimum absolute atomic E-state index is 0.0153. The summed E-state index contributed by atoms with van der Waals surface area (Å²) in [7, 11) is -5.51. The van der Waals surface area contributed by atoms with E-state index in [-0.39, 0.29) is 52.0 Å². The minimum atomic E-state index is -3.79. The van der Waals surface area contributed by atoms with Gasteiger partial charge in [-0.1, -0.05) is 224 Å². The zero-order valence-corrected chi connectivity index (χ0v) is 46.4. The number of hydrogen-bond acceptors (Lipinski definition) is 11. The van der Waals surface area contributed by atoms with Crippen molar-refractivity contribution in [1.82, 2.24) is 4.72 Å². The second kappa shape index (κ2) is 28.3. The van der Waals surface area contributed by atoms with Gasteiger partial charge in [-0.15, -0.1) is 0 Å². The van der Waals surface area contributed by atoms with Gasteiger partial charge in [0, 0.05) is 8.07 Å². The predicted octanol–water partition coefficient (Wildman–Crippen LogP) is 10.7. The lowest BCUT2D eigenvalue weighted by Crippen LogP contribution is -2.66. The third-order valence-electron chi connectivity index (χ3n) is 12.8. The van der Waals surface area contributed by atoms with Gasteiger partial charge in [0.15, 0.2) is 6.29 Å². The molecule has 2 aliphatic heterocycles. The molecule has 0 spiro atoms. The summed E-state index contributed by atoms with van der Waals surface area (Å²) in [5.74, 6) is -0.0153. The first-order valence-electron chi connectivity index (χ1n) is 25.4. The highest BCUT2D eigenvalue weighted by Crippen LogP contribution is 2.37. The smallest absolute Gasteiger partial charge is 0.213 e. The number of benzene rings is 6. The van der Waals surface area contributed by atoms with Crippen molar-refractivity contribution in [2.45, 2.75) is 124 Å². The Bertz CT molecular complexity index is 2630. The van der Waals surface area contributed by atoms with Crippen LogP contribution in [0.25, 0.3) is 0 Å². The predicted molar refractivity (Wildman–Crippen MR) is 297 cm³/mol. The van der Waals surface area contributed by atoms with Gasteiger partial charge in [-0.3, -0.25) is 0 Å². The third-order valence-corrected chi connectivity index (χ3v) is 17.6. The van der Waals surface area contributed by atoms with E-state index in [0.29, 0.717) is 12.7 Å². The molecule has 0 aliphatic carbocycles. The van der Waals surface area contributed by atoms with Crippen LogP contribution in [0.4, 0.5) is 0 Å². The average molecular weight is 1160 g/mol. The summed E-state index contributed by atoms with van der Waals surface area (Å²) in [6.07, 6.45) is -7.73. The number of rotatable bonds is 27. The van der Waals surface area contributed by atoms with E-state index in [2.05, 4.69) is 47.0 Å². The molecule has 74 heavy (non-hydrogen) atoms. The van der Waals surface area contributed by atoms with Crippen molar-refractivity contribution in [3.8, 4) is 0 Å². The lowest BCUT2D eigenvalue weighted by Gasteiger charge is -2.50. The number of sulfonamides is 1. The molecule has 2 saturated heterocycles. The Kier molecular flexibility index (Phi) is 21.4. The Morgan fingerprint density at radius 1 is 0.459 bits per heavy atom. The summed E-state index contributed by atoms with van der Waals surface area (Å²) in [6, 6.07) is 60.3. The van der Waals surface area contributed by atoms with Gasteiger partial charge in [-0.25, -0.2) is 8.42 Å². The summed E-state index contributed by atoms with van der Waals surface area (Å²) < 4.78 is 92.8. The Balaban J connectivity index is 1.18.